The molecular weight excluding hydrogens is 304 g/mol. The number of urea groups is 1. The van der Waals surface area contributed by atoms with Gasteiger partial charge < -0.3 is 5.32 Å². The third-order valence-corrected chi connectivity index (χ3v) is 4.69. The van der Waals surface area contributed by atoms with Gasteiger partial charge in [0.05, 0.1) is 5.69 Å². The lowest BCUT2D eigenvalue weighted by Crippen LogP contribution is -2.41. The van der Waals surface area contributed by atoms with E-state index in [2.05, 4.69) is 76.2 Å². The monoisotopic (exact) mass is 332 g/mol. The molecule has 0 bridgehead atoms. The Labute approximate surface area is 145 Å². The van der Waals surface area contributed by atoms with E-state index in [0.717, 1.165) is 36.1 Å². The molecule has 1 unspecified atom stereocenters. The highest BCUT2D eigenvalue weighted by molar-refractivity contribution is 7.82. The Morgan fingerprint density at radius 1 is 1.22 bits per heavy atom. The maximum Gasteiger partial charge on any atom is 0.332 e. The minimum absolute atomic E-state index is 0.111. The molecule has 1 aliphatic rings. The first-order valence-corrected chi connectivity index (χ1v) is 8.90. The van der Waals surface area contributed by atoms with Crippen molar-refractivity contribution >= 4 is 24.5 Å². The first-order chi connectivity index (χ1) is 10.9. The van der Waals surface area contributed by atoms with Crippen LogP contribution in [0.2, 0.25) is 0 Å². The molecule has 1 aliphatic carbocycles. The number of hydrogen-bond acceptors (Lipinski definition) is 2. The van der Waals surface area contributed by atoms with Gasteiger partial charge in [0.2, 0.25) is 0 Å². The number of benzene rings is 1. The molecular formula is C19H28N2OS. The van der Waals surface area contributed by atoms with E-state index in [4.69, 9.17) is 0 Å². The topological polar surface area (TPSA) is 32.3 Å². The Kier molecular flexibility index (Phi) is 6.17. The molecule has 0 radical (unpaired) electrons. The number of carbonyl (C=O) groups excluding carboxylic acids is 1. The predicted octanol–water partition coefficient (Wildman–Crippen LogP) is 5.40. The van der Waals surface area contributed by atoms with Gasteiger partial charge in [0.25, 0.3) is 0 Å². The average Bonchev–Trinajstić information content (AvgIpc) is 2.54. The van der Waals surface area contributed by atoms with Gasteiger partial charge in [0, 0.05) is 6.04 Å². The van der Waals surface area contributed by atoms with Crippen LogP contribution in [0, 0.1) is 0 Å². The lowest BCUT2D eigenvalue weighted by molar-refractivity contribution is 0.247. The molecule has 0 spiro atoms. The number of nitrogens with zero attached hydrogens (tertiary/aromatic N) is 1. The predicted molar refractivity (Wildman–Crippen MR) is 101 cm³/mol. The highest BCUT2D eigenvalue weighted by Crippen LogP contribution is 2.36. The second-order valence-corrected chi connectivity index (χ2v) is 7.22. The van der Waals surface area contributed by atoms with E-state index in [1.807, 2.05) is 0 Å². The number of thiol groups is 1. The lowest BCUT2D eigenvalue weighted by atomic mass is 9.92. The zero-order valence-electron chi connectivity index (χ0n) is 14.5. The van der Waals surface area contributed by atoms with Crippen LogP contribution >= 0.6 is 12.8 Å². The number of rotatable bonds is 4. The summed E-state index contributed by atoms with van der Waals surface area (Å²) in [6.07, 6.45) is 7.44. The molecule has 4 heteroatoms. The Morgan fingerprint density at radius 3 is 2.30 bits per heavy atom. The SMILES string of the molecule is CC(C)c1cccc(C(C)C)c1N(S)C(=O)NC1C=CCCC1. The van der Waals surface area contributed by atoms with Crippen molar-refractivity contribution in [2.24, 2.45) is 0 Å². The lowest BCUT2D eigenvalue weighted by Gasteiger charge is -2.28. The number of carbonyl (C=O) groups is 1. The average molecular weight is 333 g/mol. The summed E-state index contributed by atoms with van der Waals surface area (Å²) in [5.74, 6) is 0.668. The number of allylic oxidation sites excluding steroid dienone is 1. The van der Waals surface area contributed by atoms with Crippen molar-refractivity contribution in [1.82, 2.24) is 5.32 Å². The molecule has 23 heavy (non-hydrogen) atoms. The zero-order chi connectivity index (χ0) is 17.0. The van der Waals surface area contributed by atoms with E-state index < -0.39 is 0 Å². The van der Waals surface area contributed by atoms with Crippen LogP contribution < -0.4 is 9.62 Å². The summed E-state index contributed by atoms with van der Waals surface area (Å²) in [6.45, 7) is 8.58. The van der Waals surface area contributed by atoms with Crippen LogP contribution in [0.5, 0.6) is 0 Å². The molecule has 0 aliphatic heterocycles. The quantitative estimate of drug-likeness (QED) is 0.561. The molecule has 0 aromatic heterocycles. The second-order valence-electron chi connectivity index (χ2n) is 6.82. The maximum absolute atomic E-state index is 12.7. The molecule has 1 N–H and O–H groups in total. The molecule has 0 saturated heterocycles. The highest BCUT2D eigenvalue weighted by Gasteiger charge is 2.23. The summed E-state index contributed by atoms with van der Waals surface area (Å²) < 4.78 is 1.49. The van der Waals surface area contributed by atoms with E-state index >= 15 is 0 Å². The third kappa shape index (κ3) is 4.31. The number of para-hydroxylation sites is 1. The molecule has 2 amide bonds. The molecule has 0 saturated carbocycles. The summed E-state index contributed by atoms with van der Waals surface area (Å²) in [5.41, 5.74) is 3.24. The Balaban J connectivity index is 2.29. The van der Waals surface area contributed by atoms with Crippen LogP contribution in [0.15, 0.2) is 30.4 Å². The van der Waals surface area contributed by atoms with Crippen LogP contribution in [0.3, 0.4) is 0 Å². The molecule has 1 atom stereocenters. The van der Waals surface area contributed by atoms with Gasteiger partial charge in [-0.1, -0.05) is 70.9 Å². The smallest absolute Gasteiger partial charge is 0.331 e. The van der Waals surface area contributed by atoms with Crippen molar-refractivity contribution in [2.45, 2.75) is 64.8 Å². The maximum atomic E-state index is 12.7. The summed E-state index contributed by atoms with van der Waals surface area (Å²) in [7, 11) is 0. The van der Waals surface area contributed by atoms with Gasteiger partial charge >= 0.3 is 6.03 Å². The standard InChI is InChI=1S/C19H28N2OS/c1-13(2)16-11-8-12-17(14(3)4)18(16)21(23)19(22)20-15-9-6-5-7-10-15/h6,8-9,11-15,23H,5,7,10H2,1-4H3,(H,20,22). The minimum atomic E-state index is -0.153. The van der Waals surface area contributed by atoms with Gasteiger partial charge in [-0.15, -0.1) is 0 Å². The highest BCUT2D eigenvalue weighted by atomic mass is 32.1. The van der Waals surface area contributed by atoms with E-state index in [1.54, 1.807) is 0 Å². The van der Waals surface area contributed by atoms with Crippen molar-refractivity contribution in [2.75, 3.05) is 4.31 Å². The van der Waals surface area contributed by atoms with Gasteiger partial charge in [-0.05, 0) is 42.2 Å². The number of nitrogens with one attached hydrogen (secondary N) is 1. The normalized spacial score (nSPS) is 17.6. The summed E-state index contributed by atoms with van der Waals surface area (Å²) >= 11 is 4.54. The summed E-state index contributed by atoms with van der Waals surface area (Å²) in [4.78, 5) is 12.7. The van der Waals surface area contributed by atoms with E-state index in [9.17, 15) is 4.79 Å². The van der Waals surface area contributed by atoms with Crippen molar-refractivity contribution in [3.05, 3.63) is 41.5 Å². The van der Waals surface area contributed by atoms with Crippen molar-refractivity contribution in [1.29, 1.82) is 0 Å². The molecule has 1 aromatic rings. The largest absolute Gasteiger partial charge is 0.332 e. The van der Waals surface area contributed by atoms with Crippen molar-refractivity contribution < 1.29 is 4.79 Å². The van der Waals surface area contributed by atoms with Crippen LogP contribution in [0.1, 0.15) is 69.9 Å². The van der Waals surface area contributed by atoms with Gasteiger partial charge in [-0.25, -0.2) is 9.10 Å². The zero-order valence-corrected chi connectivity index (χ0v) is 15.4. The summed E-state index contributed by atoms with van der Waals surface area (Å²) in [5, 5.41) is 3.07. The first kappa shape index (κ1) is 17.9. The summed E-state index contributed by atoms with van der Waals surface area (Å²) in [6, 6.07) is 6.20. The Hall–Kier alpha value is -1.42. The number of anilines is 1. The van der Waals surface area contributed by atoms with Crippen LogP contribution in [-0.4, -0.2) is 12.1 Å². The van der Waals surface area contributed by atoms with E-state index in [1.165, 1.54) is 4.31 Å². The fourth-order valence-electron chi connectivity index (χ4n) is 3.01. The third-order valence-electron chi connectivity index (χ3n) is 4.31. The Morgan fingerprint density at radius 2 is 1.83 bits per heavy atom. The fourth-order valence-corrected chi connectivity index (χ4v) is 3.30. The van der Waals surface area contributed by atoms with Gasteiger partial charge in [0.1, 0.15) is 0 Å². The van der Waals surface area contributed by atoms with Crippen molar-refractivity contribution in [3.8, 4) is 0 Å². The van der Waals surface area contributed by atoms with Gasteiger partial charge in [-0.2, -0.15) is 0 Å². The van der Waals surface area contributed by atoms with Crippen LogP contribution in [0.25, 0.3) is 0 Å². The van der Waals surface area contributed by atoms with Crippen molar-refractivity contribution in [3.63, 3.8) is 0 Å². The minimum Gasteiger partial charge on any atom is -0.331 e. The van der Waals surface area contributed by atoms with Crippen LogP contribution in [-0.2, 0) is 0 Å². The Bertz CT molecular complexity index is 554. The van der Waals surface area contributed by atoms with E-state index in [0.29, 0.717) is 11.8 Å². The second kappa shape index (κ2) is 7.91. The fraction of sp³-hybridized carbons (Fsp3) is 0.526. The molecule has 2 rings (SSSR count). The van der Waals surface area contributed by atoms with Gasteiger partial charge in [0.15, 0.2) is 0 Å². The molecule has 1 aromatic carbocycles. The number of hydrogen-bond donors (Lipinski definition) is 2. The van der Waals surface area contributed by atoms with E-state index in [-0.39, 0.29) is 12.1 Å². The molecule has 126 valence electrons. The van der Waals surface area contributed by atoms with Gasteiger partial charge in [-0.3, -0.25) is 0 Å². The first-order valence-electron chi connectivity index (χ1n) is 8.50. The molecule has 0 fully saturated rings. The molecule has 0 heterocycles. The van der Waals surface area contributed by atoms with Crippen LogP contribution in [0.4, 0.5) is 10.5 Å². The molecule has 3 nitrogen and oxygen atoms in total. The number of amides is 2.